The zero-order valence-electron chi connectivity index (χ0n) is 13.7. The summed E-state index contributed by atoms with van der Waals surface area (Å²) in [6.45, 7) is 2.99. The Balaban J connectivity index is 1.78. The number of rotatable bonds is 3. The summed E-state index contributed by atoms with van der Waals surface area (Å²) in [7, 11) is 4.14. The van der Waals surface area contributed by atoms with Crippen molar-refractivity contribution >= 4 is 0 Å². The quantitative estimate of drug-likeness (QED) is 0.930. The Morgan fingerprint density at radius 2 is 2.14 bits per heavy atom. The number of aromatic nitrogens is 2. The molecule has 1 saturated carbocycles. The van der Waals surface area contributed by atoms with Crippen molar-refractivity contribution in [2.24, 2.45) is 13.0 Å². The predicted molar refractivity (Wildman–Crippen MR) is 84.2 cm³/mol. The van der Waals surface area contributed by atoms with Crippen molar-refractivity contribution in [1.29, 1.82) is 0 Å². The fourth-order valence-corrected chi connectivity index (χ4v) is 4.44. The topological polar surface area (TPSA) is 39.1 Å². The minimum Gasteiger partial charge on any atom is -0.375 e. The molecule has 3 rings (SSSR count). The number of hydrogen-bond acceptors (Lipinski definition) is 3. The second-order valence-corrected chi connectivity index (χ2v) is 6.95. The van der Waals surface area contributed by atoms with Crippen molar-refractivity contribution in [3.8, 4) is 0 Å². The third-order valence-electron chi connectivity index (χ3n) is 5.44. The zero-order chi connectivity index (χ0) is 14.9. The number of hydrogen-bond donors (Lipinski definition) is 1. The van der Waals surface area contributed by atoms with Gasteiger partial charge in [-0.15, -0.1) is 0 Å². The Bertz CT molecular complexity index is 471. The summed E-state index contributed by atoms with van der Waals surface area (Å²) in [5.74, 6) is 0.650. The normalized spacial score (nSPS) is 26.9. The minimum absolute atomic E-state index is 0.171. The molecule has 1 aliphatic carbocycles. The molecule has 2 aliphatic rings. The van der Waals surface area contributed by atoms with Crippen LogP contribution in [0.3, 0.4) is 0 Å². The first kappa shape index (κ1) is 15.0. The van der Waals surface area contributed by atoms with Crippen LogP contribution in [-0.2, 0) is 11.8 Å². The Morgan fingerprint density at radius 3 is 2.76 bits per heavy atom. The summed E-state index contributed by atoms with van der Waals surface area (Å²) in [6.07, 6.45) is 8.91. The Labute approximate surface area is 128 Å². The lowest BCUT2D eigenvalue weighted by molar-refractivity contribution is -0.122. The highest BCUT2D eigenvalue weighted by Gasteiger charge is 2.41. The van der Waals surface area contributed by atoms with Crippen LogP contribution >= 0.6 is 0 Å². The molecule has 1 aromatic rings. The van der Waals surface area contributed by atoms with E-state index in [1.807, 2.05) is 4.68 Å². The number of ether oxygens (including phenoxy) is 1. The van der Waals surface area contributed by atoms with E-state index in [0.717, 1.165) is 18.7 Å². The van der Waals surface area contributed by atoms with Crippen molar-refractivity contribution in [3.05, 3.63) is 17.5 Å². The van der Waals surface area contributed by atoms with Gasteiger partial charge < -0.3 is 10.1 Å². The van der Waals surface area contributed by atoms with E-state index in [2.05, 4.69) is 37.5 Å². The molecule has 1 aromatic heterocycles. The first-order chi connectivity index (χ1) is 10.1. The summed E-state index contributed by atoms with van der Waals surface area (Å²) in [4.78, 5) is 0. The molecular weight excluding hydrogens is 262 g/mol. The van der Waals surface area contributed by atoms with E-state index in [9.17, 15) is 0 Å². The fourth-order valence-electron chi connectivity index (χ4n) is 4.44. The molecule has 2 fully saturated rings. The maximum absolute atomic E-state index is 6.25. The van der Waals surface area contributed by atoms with Crippen molar-refractivity contribution in [3.63, 3.8) is 0 Å². The molecule has 0 amide bonds. The van der Waals surface area contributed by atoms with Crippen LogP contribution in [0.15, 0.2) is 6.07 Å². The van der Waals surface area contributed by atoms with Gasteiger partial charge in [-0.2, -0.15) is 5.10 Å². The monoisotopic (exact) mass is 291 g/mol. The largest absolute Gasteiger partial charge is 0.375 e. The van der Waals surface area contributed by atoms with Gasteiger partial charge >= 0.3 is 0 Å². The van der Waals surface area contributed by atoms with Crippen LogP contribution in [-0.4, -0.2) is 29.0 Å². The molecule has 1 saturated heterocycles. The molecule has 0 bridgehead atoms. The van der Waals surface area contributed by atoms with Crippen molar-refractivity contribution in [1.82, 2.24) is 15.1 Å². The number of nitrogens with zero attached hydrogens (tertiary/aromatic N) is 2. The van der Waals surface area contributed by atoms with E-state index >= 15 is 0 Å². The second-order valence-electron chi connectivity index (χ2n) is 6.95. The lowest BCUT2D eigenvalue weighted by Gasteiger charge is -2.45. The molecule has 4 heteroatoms. The maximum Gasteiger partial charge on any atom is 0.0686 e. The maximum atomic E-state index is 6.25. The minimum atomic E-state index is 0.171. The molecule has 1 N–H and O–H groups in total. The van der Waals surface area contributed by atoms with Gasteiger partial charge in [-0.1, -0.05) is 19.3 Å². The summed E-state index contributed by atoms with van der Waals surface area (Å²) < 4.78 is 8.29. The molecule has 118 valence electrons. The SMILES string of the molecule is CNC(c1cc(C)nn1C)C1CCOC2(CCCCC2)C1. The first-order valence-corrected chi connectivity index (χ1v) is 8.45. The molecule has 2 heterocycles. The van der Waals surface area contributed by atoms with Gasteiger partial charge in [0.1, 0.15) is 0 Å². The molecule has 1 spiro atoms. The fraction of sp³-hybridized carbons (Fsp3) is 0.824. The smallest absolute Gasteiger partial charge is 0.0686 e. The van der Waals surface area contributed by atoms with Gasteiger partial charge in [0.2, 0.25) is 0 Å². The van der Waals surface area contributed by atoms with Gasteiger partial charge in [0.15, 0.2) is 0 Å². The van der Waals surface area contributed by atoms with Gasteiger partial charge in [0.25, 0.3) is 0 Å². The average Bonchev–Trinajstić information content (AvgIpc) is 2.80. The summed E-state index contributed by atoms with van der Waals surface area (Å²) in [6, 6.07) is 2.61. The average molecular weight is 291 g/mol. The van der Waals surface area contributed by atoms with Crippen LogP contribution in [0.4, 0.5) is 0 Å². The van der Waals surface area contributed by atoms with E-state index in [0.29, 0.717) is 12.0 Å². The Morgan fingerprint density at radius 1 is 1.38 bits per heavy atom. The highest BCUT2D eigenvalue weighted by Crippen LogP contribution is 2.44. The highest BCUT2D eigenvalue weighted by atomic mass is 16.5. The number of nitrogens with one attached hydrogen (secondary N) is 1. The van der Waals surface area contributed by atoms with Crippen LogP contribution < -0.4 is 5.32 Å². The molecular formula is C17H29N3O. The van der Waals surface area contributed by atoms with E-state index in [1.165, 1.54) is 44.2 Å². The predicted octanol–water partition coefficient (Wildman–Crippen LogP) is 3.12. The third-order valence-corrected chi connectivity index (χ3v) is 5.44. The van der Waals surface area contributed by atoms with Crippen LogP contribution in [0, 0.1) is 12.8 Å². The molecule has 2 unspecified atom stereocenters. The molecule has 21 heavy (non-hydrogen) atoms. The highest BCUT2D eigenvalue weighted by molar-refractivity contribution is 5.15. The zero-order valence-corrected chi connectivity index (χ0v) is 13.7. The van der Waals surface area contributed by atoms with Crippen molar-refractivity contribution in [2.45, 2.75) is 63.5 Å². The third kappa shape index (κ3) is 3.02. The van der Waals surface area contributed by atoms with Crippen LogP contribution in [0.2, 0.25) is 0 Å². The van der Waals surface area contributed by atoms with Crippen molar-refractivity contribution in [2.75, 3.05) is 13.7 Å². The van der Waals surface area contributed by atoms with Gasteiger partial charge in [-0.05, 0) is 51.6 Å². The van der Waals surface area contributed by atoms with Crippen LogP contribution in [0.5, 0.6) is 0 Å². The van der Waals surface area contributed by atoms with E-state index in [4.69, 9.17) is 4.74 Å². The molecule has 2 atom stereocenters. The van der Waals surface area contributed by atoms with E-state index < -0.39 is 0 Å². The van der Waals surface area contributed by atoms with Gasteiger partial charge in [-0.3, -0.25) is 4.68 Å². The van der Waals surface area contributed by atoms with E-state index in [-0.39, 0.29) is 5.60 Å². The van der Waals surface area contributed by atoms with Gasteiger partial charge in [0.05, 0.1) is 23.0 Å². The number of aryl methyl sites for hydroxylation is 2. The Kier molecular flexibility index (Phi) is 4.36. The second kappa shape index (κ2) is 6.09. The lowest BCUT2D eigenvalue weighted by atomic mass is 9.73. The van der Waals surface area contributed by atoms with Crippen LogP contribution in [0.25, 0.3) is 0 Å². The van der Waals surface area contributed by atoms with Gasteiger partial charge in [0, 0.05) is 13.7 Å². The summed E-state index contributed by atoms with van der Waals surface area (Å²) in [5, 5.41) is 8.07. The van der Waals surface area contributed by atoms with Crippen LogP contribution in [0.1, 0.15) is 62.4 Å². The van der Waals surface area contributed by atoms with E-state index in [1.54, 1.807) is 0 Å². The lowest BCUT2D eigenvalue weighted by Crippen LogP contribution is -2.44. The molecule has 0 radical (unpaired) electrons. The van der Waals surface area contributed by atoms with Crippen molar-refractivity contribution < 1.29 is 4.74 Å². The Hall–Kier alpha value is -0.870. The summed E-state index contributed by atoms with van der Waals surface area (Å²) >= 11 is 0. The first-order valence-electron chi connectivity index (χ1n) is 8.45. The molecule has 1 aliphatic heterocycles. The standard InChI is InChI=1S/C17H29N3O/c1-13-11-15(20(3)19-13)16(18-2)14-7-10-21-17(12-14)8-5-4-6-9-17/h11,14,16,18H,4-10,12H2,1-3H3. The molecule has 4 nitrogen and oxygen atoms in total. The van der Waals surface area contributed by atoms with Gasteiger partial charge in [-0.25, -0.2) is 0 Å². The molecule has 0 aromatic carbocycles. The summed E-state index contributed by atoms with van der Waals surface area (Å²) in [5.41, 5.74) is 2.59.